The van der Waals surface area contributed by atoms with Gasteiger partial charge in [0.1, 0.15) is 12.4 Å². The second-order valence-electron chi connectivity index (χ2n) is 7.62. The molecule has 1 saturated heterocycles. The molecule has 5 rings (SSSR count). The van der Waals surface area contributed by atoms with Crippen LogP contribution in [-0.4, -0.2) is 54.7 Å². The third-order valence-corrected chi connectivity index (χ3v) is 6.41. The smallest absolute Gasteiger partial charge is 0.242 e. The fraction of sp³-hybridized carbons (Fsp3) is 0.273. The number of para-hydroxylation sites is 2. The Morgan fingerprint density at radius 2 is 1.72 bits per heavy atom. The van der Waals surface area contributed by atoms with Gasteiger partial charge in [-0.05, 0) is 49.2 Å². The van der Waals surface area contributed by atoms with Crippen LogP contribution < -0.4 is 5.32 Å². The fourth-order valence-corrected chi connectivity index (χ4v) is 4.69. The first-order valence-electron chi connectivity index (χ1n) is 10.4. The highest BCUT2D eigenvalue weighted by atomic mass is 32.2. The molecule has 2 aromatic carbocycles. The number of nitrogens with one attached hydrogen (secondary N) is 1. The predicted molar refractivity (Wildman–Crippen MR) is 120 cm³/mol. The zero-order valence-corrected chi connectivity index (χ0v) is 18.0. The summed E-state index contributed by atoms with van der Waals surface area (Å²) >= 11 is 1.25. The summed E-state index contributed by atoms with van der Waals surface area (Å²) in [5, 5.41) is 11.9. The van der Waals surface area contributed by atoms with Crippen LogP contribution in [0.4, 0.5) is 10.1 Å². The van der Waals surface area contributed by atoms with Crippen molar-refractivity contribution in [3.63, 3.8) is 0 Å². The second-order valence-corrected chi connectivity index (χ2v) is 8.57. The van der Waals surface area contributed by atoms with Gasteiger partial charge in [0.05, 0.1) is 16.8 Å². The van der Waals surface area contributed by atoms with Crippen LogP contribution in [0.15, 0.2) is 53.7 Å². The maximum atomic E-state index is 13.0. The van der Waals surface area contributed by atoms with E-state index in [0.717, 1.165) is 37.0 Å². The van der Waals surface area contributed by atoms with Crippen molar-refractivity contribution in [2.75, 3.05) is 24.2 Å². The van der Waals surface area contributed by atoms with Crippen LogP contribution in [-0.2, 0) is 16.1 Å². The molecule has 0 spiro atoms. The molecule has 8 nitrogen and oxygen atoms in total. The Labute approximate surface area is 187 Å². The van der Waals surface area contributed by atoms with Crippen LogP contribution in [0.3, 0.4) is 0 Å². The highest BCUT2D eigenvalue weighted by Crippen LogP contribution is 2.26. The minimum Gasteiger partial charge on any atom is -0.341 e. The average molecular weight is 453 g/mol. The number of hydrogen-bond donors (Lipinski definition) is 1. The quantitative estimate of drug-likeness (QED) is 0.454. The molecule has 0 atom stereocenters. The molecule has 0 bridgehead atoms. The molecule has 0 radical (unpaired) electrons. The lowest BCUT2D eigenvalue weighted by Crippen LogP contribution is -2.31. The summed E-state index contributed by atoms with van der Waals surface area (Å²) in [6.07, 6.45) is 2.08. The number of amides is 2. The molecule has 32 heavy (non-hydrogen) atoms. The van der Waals surface area contributed by atoms with Crippen LogP contribution in [0.25, 0.3) is 16.8 Å². The number of carbonyl (C=O) groups is 2. The number of halogens is 1. The number of likely N-dealkylation sites (tertiary alicyclic amines) is 1. The van der Waals surface area contributed by atoms with Gasteiger partial charge in [-0.15, -0.1) is 10.2 Å². The summed E-state index contributed by atoms with van der Waals surface area (Å²) < 4.78 is 16.8. The highest BCUT2D eigenvalue weighted by Gasteiger charge is 2.23. The number of nitrogens with zero attached hydrogens (tertiary/aromatic N) is 5. The molecule has 10 heteroatoms. The number of carbonyl (C=O) groups excluding carboxylic acids is 2. The lowest BCUT2D eigenvalue weighted by atomic mass is 10.3. The van der Waals surface area contributed by atoms with Gasteiger partial charge < -0.3 is 10.2 Å². The molecule has 0 saturated carbocycles. The molecular weight excluding hydrogens is 431 g/mol. The summed E-state index contributed by atoms with van der Waals surface area (Å²) in [6, 6.07) is 13.4. The number of thioether (sulfide) groups is 1. The van der Waals surface area contributed by atoms with Gasteiger partial charge in [-0.25, -0.2) is 4.39 Å². The molecular formula is C22H21FN6O2S. The van der Waals surface area contributed by atoms with Gasteiger partial charge in [0.25, 0.3) is 0 Å². The first-order chi connectivity index (χ1) is 15.6. The number of hydrogen-bond acceptors (Lipinski definition) is 5. The fourth-order valence-electron chi connectivity index (χ4n) is 3.95. The van der Waals surface area contributed by atoms with E-state index >= 15 is 0 Å². The number of benzene rings is 2. The van der Waals surface area contributed by atoms with Crippen LogP contribution >= 0.6 is 11.8 Å². The second kappa shape index (κ2) is 8.62. The lowest BCUT2D eigenvalue weighted by Gasteiger charge is -2.15. The van der Waals surface area contributed by atoms with E-state index in [-0.39, 0.29) is 29.9 Å². The zero-order chi connectivity index (χ0) is 22.1. The Morgan fingerprint density at radius 1 is 1.00 bits per heavy atom. The van der Waals surface area contributed by atoms with Crippen LogP contribution in [0, 0.1) is 5.82 Å². The van der Waals surface area contributed by atoms with Gasteiger partial charge in [0.2, 0.25) is 17.6 Å². The van der Waals surface area contributed by atoms with E-state index in [1.54, 1.807) is 0 Å². The molecule has 2 aromatic heterocycles. The summed E-state index contributed by atoms with van der Waals surface area (Å²) in [5.41, 5.74) is 2.30. The minimum absolute atomic E-state index is 0.0710. The zero-order valence-electron chi connectivity index (χ0n) is 17.2. The first-order valence-corrected chi connectivity index (χ1v) is 11.4. The van der Waals surface area contributed by atoms with Crippen molar-refractivity contribution < 1.29 is 14.0 Å². The summed E-state index contributed by atoms with van der Waals surface area (Å²) in [7, 11) is 0. The van der Waals surface area contributed by atoms with E-state index in [1.165, 1.54) is 36.0 Å². The largest absolute Gasteiger partial charge is 0.341 e. The van der Waals surface area contributed by atoms with Gasteiger partial charge in [-0.1, -0.05) is 23.9 Å². The molecule has 0 unspecified atom stereocenters. The van der Waals surface area contributed by atoms with E-state index in [4.69, 9.17) is 0 Å². The van der Waals surface area contributed by atoms with Gasteiger partial charge >= 0.3 is 0 Å². The third-order valence-electron chi connectivity index (χ3n) is 5.48. The maximum absolute atomic E-state index is 13.0. The van der Waals surface area contributed by atoms with Gasteiger partial charge in [-0.2, -0.15) is 0 Å². The molecule has 2 amide bonds. The van der Waals surface area contributed by atoms with Crippen molar-refractivity contribution in [2.45, 2.75) is 24.5 Å². The Kier molecular flexibility index (Phi) is 5.52. The Morgan fingerprint density at radius 3 is 2.47 bits per heavy atom. The van der Waals surface area contributed by atoms with Crippen LogP contribution in [0.2, 0.25) is 0 Å². The number of anilines is 1. The standard InChI is InChI=1S/C22H21FN6O2S/c23-15-7-9-16(10-8-15)24-19(30)14-32-22-26-25-21-28(13-20(31)27-11-3-4-12-27)17-5-1-2-6-18(17)29(21)22/h1-2,5-10H,3-4,11-14H2,(H,24,30). The normalized spacial score (nSPS) is 13.8. The molecule has 1 N–H and O–H groups in total. The maximum Gasteiger partial charge on any atom is 0.242 e. The molecule has 0 aliphatic carbocycles. The van der Waals surface area contributed by atoms with Crippen molar-refractivity contribution in [2.24, 2.45) is 0 Å². The minimum atomic E-state index is -0.358. The third kappa shape index (κ3) is 3.93. The Bertz CT molecular complexity index is 1290. The van der Waals surface area contributed by atoms with Crippen molar-refractivity contribution >= 4 is 46.1 Å². The number of imidazole rings is 1. The monoisotopic (exact) mass is 452 g/mol. The van der Waals surface area contributed by atoms with Crippen LogP contribution in [0.5, 0.6) is 0 Å². The van der Waals surface area contributed by atoms with Crippen molar-refractivity contribution in [3.05, 3.63) is 54.3 Å². The van der Waals surface area contributed by atoms with Gasteiger partial charge in [-0.3, -0.25) is 18.6 Å². The van der Waals surface area contributed by atoms with Crippen molar-refractivity contribution in [1.82, 2.24) is 24.1 Å². The van der Waals surface area contributed by atoms with Crippen LogP contribution in [0.1, 0.15) is 12.8 Å². The Balaban J connectivity index is 1.38. The molecule has 1 aliphatic heterocycles. The summed E-state index contributed by atoms with van der Waals surface area (Å²) in [5.74, 6) is 0.167. The number of rotatable bonds is 6. The summed E-state index contributed by atoms with van der Waals surface area (Å²) in [6.45, 7) is 1.79. The summed E-state index contributed by atoms with van der Waals surface area (Å²) in [4.78, 5) is 27.0. The molecule has 1 aliphatic rings. The number of aromatic nitrogens is 4. The molecule has 4 aromatic rings. The van der Waals surface area contributed by atoms with E-state index in [0.29, 0.717) is 16.6 Å². The topological polar surface area (TPSA) is 84.5 Å². The average Bonchev–Trinajstić information content (AvgIpc) is 3.53. The van der Waals surface area contributed by atoms with E-state index in [2.05, 4.69) is 15.5 Å². The van der Waals surface area contributed by atoms with Gasteiger partial charge in [0, 0.05) is 18.8 Å². The van der Waals surface area contributed by atoms with Gasteiger partial charge in [0.15, 0.2) is 5.16 Å². The molecule has 3 heterocycles. The number of fused-ring (bicyclic) bond motifs is 3. The van der Waals surface area contributed by atoms with E-state index < -0.39 is 0 Å². The Hall–Kier alpha value is -3.40. The van der Waals surface area contributed by atoms with Crippen molar-refractivity contribution in [3.8, 4) is 0 Å². The van der Waals surface area contributed by atoms with E-state index in [1.807, 2.05) is 38.1 Å². The van der Waals surface area contributed by atoms with E-state index in [9.17, 15) is 14.0 Å². The molecule has 164 valence electrons. The highest BCUT2D eigenvalue weighted by molar-refractivity contribution is 7.99. The SMILES string of the molecule is O=C(CSc1nnc2n(CC(=O)N3CCCC3)c3ccccc3n12)Nc1ccc(F)cc1. The first kappa shape index (κ1) is 20.5. The lowest BCUT2D eigenvalue weighted by molar-refractivity contribution is -0.130. The predicted octanol–water partition coefficient (Wildman–Crippen LogP) is 3.18. The molecule has 1 fully saturated rings. The van der Waals surface area contributed by atoms with Crippen molar-refractivity contribution in [1.29, 1.82) is 0 Å².